The highest BCUT2D eigenvalue weighted by Crippen LogP contribution is 2.22. The van der Waals surface area contributed by atoms with Gasteiger partial charge in [-0.1, -0.05) is 6.92 Å². The molecule has 2 aliphatic rings. The van der Waals surface area contributed by atoms with Gasteiger partial charge in [0.25, 0.3) is 5.56 Å². The normalized spacial score (nSPS) is 19.5. The molecule has 0 amide bonds. The van der Waals surface area contributed by atoms with Gasteiger partial charge in [0.2, 0.25) is 5.95 Å². The van der Waals surface area contributed by atoms with Crippen molar-refractivity contribution in [1.29, 1.82) is 0 Å². The van der Waals surface area contributed by atoms with Crippen LogP contribution in [0, 0.1) is 5.92 Å². The molecule has 0 atom stereocenters. The summed E-state index contributed by atoms with van der Waals surface area (Å²) in [7, 11) is 0. The van der Waals surface area contributed by atoms with E-state index in [0.717, 1.165) is 74.3 Å². The number of nitrogens with one attached hydrogen (secondary N) is 1. The van der Waals surface area contributed by atoms with E-state index in [2.05, 4.69) is 21.7 Å². The molecule has 4 heterocycles. The van der Waals surface area contributed by atoms with Crippen LogP contribution >= 0.6 is 0 Å². The maximum absolute atomic E-state index is 12.6. The Morgan fingerprint density at radius 1 is 1.33 bits per heavy atom. The van der Waals surface area contributed by atoms with Crippen molar-refractivity contribution in [3.8, 4) is 0 Å². The lowest BCUT2D eigenvalue weighted by Crippen LogP contribution is -2.39. The van der Waals surface area contributed by atoms with Crippen LogP contribution in [0.5, 0.6) is 0 Å². The van der Waals surface area contributed by atoms with Crippen LogP contribution in [0.4, 0.5) is 5.95 Å². The SMILES string of the molecule is CC1CCN(c2nc3c(c(=O)[nH]2)CN(Cc2ccco2)CC3)CC1. The molecule has 0 unspecified atom stereocenters. The van der Waals surface area contributed by atoms with E-state index in [4.69, 9.17) is 9.40 Å². The monoisotopic (exact) mass is 328 g/mol. The third kappa shape index (κ3) is 3.11. The Bertz CT molecular complexity index is 745. The second-order valence-corrected chi connectivity index (χ2v) is 7.02. The minimum atomic E-state index is 0.0118. The zero-order chi connectivity index (χ0) is 16.5. The van der Waals surface area contributed by atoms with Gasteiger partial charge in [0.15, 0.2) is 0 Å². The van der Waals surface area contributed by atoms with Crippen molar-refractivity contribution >= 4 is 5.95 Å². The average Bonchev–Trinajstić information content (AvgIpc) is 3.09. The third-order valence-electron chi connectivity index (χ3n) is 5.18. The number of rotatable bonds is 3. The average molecular weight is 328 g/mol. The van der Waals surface area contributed by atoms with Crippen LogP contribution in [-0.4, -0.2) is 34.5 Å². The second-order valence-electron chi connectivity index (χ2n) is 7.02. The summed E-state index contributed by atoms with van der Waals surface area (Å²) in [6.07, 6.45) is 4.83. The lowest BCUT2D eigenvalue weighted by atomic mass is 9.99. The predicted octanol–water partition coefficient (Wildman–Crippen LogP) is 2.16. The molecule has 0 saturated carbocycles. The van der Waals surface area contributed by atoms with Crippen LogP contribution in [0.2, 0.25) is 0 Å². The molecule has 0 aliphatic carbocycles. The molecule has 4 rings (SSSR count). The van der Waals surface area contributed by atoms with Crippen molar-refractivity contribution < 1.29 is 4.42 Å². The molecule has 1 fully saturated rings. The van der Waals surface area contributed by atoms with Crippen molar-refractivity contribution in [3.05, 3.63) is 45.8 Å². The minimum Gasteiger partial charge on any atom is -0.468 e. The van der Waals surface area contributed by atoms with Gasteiger partial charge in [-0.25, -0.2) is 4.98 Å². The number of nitrogens with zero attached hydrogens (tertiary/aromatic N) is 3. The van der Waals surface area contributed by atoms with Crippen LogP contribution in [0.3, 0.4) is 0 Å². The first-order valence-electron chi connectivity index (χ1n) is 8.81. The Balaban J connectivity index is 1.51. The fraction of sp³-hybridized carbons (Fsp3) is 0.556. The maximum Gasteiger partial charge on any atom is 0.257 e. The van der Waals surface area contributed by atoms with E-state index in [9.17, 15) is 4.79 Å². The molecule has 1 N–H and O–H groups in total. The molecule has 1 saturated heterocycles. The summed E-state index contributed by atoms with van der Waals surface area (Å²) in [5.74, 6) is 2.45. The van der Waals surface area contributed by atoms with E-state index in [0.29, 0.717) is 6.54 Å². The molecule has 6 heteroatoms. The quantitative estimate of drug-likeness (QED) is 0.935. The number of furan rings is 1. The van der Waals surface area contributed by atoms with Gasteiger partial charge in [-0.2, -0.15) is 0 Å². The summed E-state index contributed by atoms with van der Waals surface area (Å²) in [5.41, 5.74) is 1.78. The minimum absolute atomic E-state index is 0.0118. The lowest BCUT2D eigenvalue weighted by molar-refractivity contribution is 0.222. The molecular formula is C18H24N4O2. The van der Waals surface area contributed by atoms with E-state index in [1.807, 2.05) is 12.1 Å². The Morgan fingerprint density at radius 2 is 2.17 bits per heavy atom. The number of hydrogen-bond acceptors (Lipinski definition) is 5. The first-order valence-corrected chi connectivity index (χ1v) is 8.81. The van der Waals surface area contributed by atoms with Gasteiger partial charge >= 0.3 is 0 Å². The molecule has 2 aromatic rings. The fourth-order valence-corrected chi connectivity index (χ4v) is 3.60. The first kappa shape index (κ1) is 15.4. The van der Waals surface area contributed by atoms with Crippen LogP contribution < -0.4 is 10.5 Å². The zero-order valence-electron chi connectivity index (χ0n) is 14.1. The second kappa shape index (κ2) is 6.43. The predicted molar refractivity (Wildman–Crippen MR) is 92.0 cm³/mol. The van der Waals surface area contributed by atoms with Crippen LogP contribution in [-0.2, 0) is 19.5 Å². The number of hydrogen-bond donors (Lipinski definition) is 1. The Morgan fingerprint density at radius 3 is 2.92 bits per heavy atom. The van der Waals surface area contributed by atoms with Gasteiger partial charge in [0, 0.05) is 32.6 Å². The van der Waals surface area contributed by atoms with Gasteiger partial charge in [-0.3, -0.25) is 14.7 Å². The van der Waals surface area contributed by atoms with Gasteiger partial charge in [-0.15, -0.1) is 0 Å². The smallest absolute Gasteiger partial charge is 0.257 e. The number of anilines is 1. The highest BCUT2D eigenvalue weighted by Gasteiger charge is 2.24. The standard InChI is InChI=1S/C18H24N4O2/c1-13-4-8-22(9-5-13)18-19-16-6-7-21(11-14-3-2-10-24-14)12-15(16)17(23)20-18/h2-3,10,13H,4-9,11-12H2,1H3,(H,19,20,23). The Hall–Kier alpha value is -2.08. The molecule has 24 heavy (non-hydrogen) atoms. The van der Waals surface area contributed by atoms with Gasteiger partial charge in [0.05, 0.1) is 24.1 Å². The van der Waals surface area contributed by atoms with Crippen LogP contribution in [0.15, 0.2) is 27.6 Å². The van der Waals surface area contributed by atoms with E-state index in [-0.39, 0.29) is 5.56 Å². The summed E-state index contributed by atoms with van der Waals surface area (Å²) in [6, 6.07) is 3.87. The van der Waals surface area contributed by atoms with E-state index >= 15 is 0 Å². The molecule has 128 valence electrons. The van der Waals surface area contributed by atoms with E-state index in [1.54, 1.807) is 6.26 Å². The number of aromatic nitrogens is 2. The molecular weight excluding hydrogens is 304 g/mol. The molecule has 0 spiro atoms. The van der Waals surface area contributed by atoms with Gasteiger partial charge in [0.1, 0.15) is 5.76 Å². The first-order chi connectivity index (χ1) is 11.7. The van der Waals surface area contributed by atoms with Crippen molar-refractivity contribution in [2.75, 3.05) is 24.5 Å². The Labute approximate surface area is 141 Å². The molecule has 0 bridgehead atoms. The number of H-pyrrole nitrogens is 1. The third-order valence-corrected chi connectivity index (χ3v) is 5.18. The van der Waals surface area contributed by atoms with Gasteiger partial charge < -0.3 is 9.32 Å². The summed E-state index contributed by atoms with van der Waals surface area (Å²) in [4.78, 5) is 24.8. The van der Waals surface area contributed by atoms with Crippen LogP contribution in [0.25, 0.3) is 0 Å². The highest BCUT2D eigenvalue weighted by atomic mass is 16.3. The molecule has 0 radical (unpaired) electrons. The summed E-state index contributed by atoms with van der Waals surface area (Å²) in [5, 5.41) is 0. The highest BCUT2D eigenvalue weighted by molar-refractivity contribution is 5.34. The maximum atomic E-state index is 12.6. The van der Waals surface area contributed by atoms with E-state index in [1.165, 1.54) is 0 Å². The van der Waals surface area contributed by atoms with Crippen molar-refractivity contribution in [2.45, 2.75) is 39.3 Å². The summed E-state index contributed by atoms with van der Waals surface area (Å²) in [6.45, 7) is 6.52. The Kier molecular flexibility index (Phi) is 4.14. The number of aromatic amines is 1. The largest absolute Gasteiger partial charge is 0.468 e. The van der Waals surface area contributed by atoms with Crippen molar-refractivity contribution in [2.24, 2.45) is 5.92 Å². The summed E-state index contributed by atoms with van der Waals surface area (Å²) < 4.78 is 5.41. The lowest BCUT2D eigenvalue weighted by Gasteiger charge is -2.32. The molecule has 2 aromatic heterocycles. The number of fused-ring (bicyclic) bond motifs is 1. The fourth-order valence-electron chi connectivity index (χ4n) is 3.60. The summed E-state index contributed by atoms with van der Waals surface area (Å²) >= 11 is 0. The van der Waals surface area contributed by atoms with Crippen molar-refractivity contribution in [3.63, 3.8) is 0 Å². The van der Waals surface area contributed by atoms with Crippen LogP contribution in [0.1, 0.15) is 36.8 Å². The topological polar surface area (TPSA) is 65.4 Å². The molecule has 6 nitrogen and oxygen atoms in total. The van der Waals surface area contributed by atoms with E-state index < -0.39 is 0 Å². The number of piperidine rings is 1. The van der Waals surface area contributed by atoms with Crippen molar-refractivity contribution in [1.82, 2.24) is 14.9 Å². The molecule has 2 aliphatic heterocycles. The molecule has 0 aromatic carbocycles. The van der Waals surface area contributed by atoms with Gasteiger partial charge in [-0.05, 0) is 30.9 Å². The zero-order valence-corrected chi connectivity index (χ0v) is 14.1.